The van der Waals surface area contributed by atoms with E-state index in [1.54, 1.807) is 24.3 Å². The fraction of sp³-hybridized carbons (Fsp3) is 0.385. The second kappa shape index (κ2) is 4.31. The summed E-state index contributed by atoms with van der Waals surface area (Å²) in [6.45, 7) is 0.973. The Morgan fingerprint density at radius 2 is 1.55 bits per heavy atom. The molecule has 2 amide bonds. The fourth-order valence-corrected chi connectivity index (χ4v) is 3.39. The maximum atomic E-state index is 11.6. The molecule has 1 aromatic carbocycles. The van der Waals surface area contributed by atoms with Crippen molar-refractivity contribution in [1.82, 2.24) is 5.32 Å². The van der Waals surface area contributed by atoms with Crippen molar-refractivity contribution < 1.29 is 18.0 Å². The van der Waals surface area contributed by atoms with Gasteiger partial charge in [0.25, 0.3) is 0 Å². The van der Waals surface area contributed by atoms with Gasteiger partial charge in [0.1, 0.15) is 0 Å². The summed E-state index contributed by atoms with van der Waals surface area (Å²) in [4.78, 5) is 25.4. The number of sulfone groups is 1. The van der Waals surface area contributed by atoms with Gasteiger partial charge < -0.3 is 4.90 Å². The number of amides is 2. The molecular formula is C13H14N2O4S. The molecule has 2 saturated heterocycles. The van der Waals surface area contributed by atoms with Crippen LogP contribution in [0.15, 0.2) is 29.2 Å². The number of imide groups is 1. The van der Waals surface area contributed by atoms with Gasteiger partial charge in [0.2, 0.25) is 11.8 Å². The number of nitrogens with zero attached hydrogens (tertiary/aromatic N) is 1. The molecule has 0 unspecified atom stereocenters. The van der Waals surface area contributed by atoms with Crippen molar-refractivity contribution in [3.05, 3.63) is 24.3 Å². The van der Waals surface area contributed by atoms with E-state index in [2.05, 4.69) is 5.32 Å². The Hall–Kier alpha value is -1.89. The number of hydrogen-bond donors (Lipinski definition) is 1. The van der Waals surface area contributed by atoms with Crippen molar-refractivity contribution >= 4 is 27.3 Å². The summed E-state index contributed by atoms with van der Waals surface area (Å²) in [5.41, 5.74) is 0.826. The predicted octanol–water partition coefficient (Wildman–Crippen LogP) is -0.201. The van der Waals surface area contributed by atoms with E-state index in [1.165, 1.54) is 0 Å². The van der Waals surface area contributed by atoms with Gasteiger partial charge in [-0.3, -0.25) is 14.9 Å². The zero-order chi connectivity index (χ0) is 14.5. The first-order valence-electron chi connectivity index (χ1n) is 6.26. The molecule has 3 rings (SSSR count). The van der Waals surface area contributed by atoms with Crippen molar-refractivity contribution in [1.29, 1.82) is 0 Å². The molecule has 2 heterocycles. The molecule has 1 N–H and O–H groups in total. The molecule has 2 atom stereocenters. The highest BCUT2D eigenvalue weighted by Crippen LogP contribution is 2.32. The van der Waals surface area contributed by atoms with E-state index in [4.69, 9.17) is 0 Å². The first kappa shape index (κ1) is 13.1. The number of fused-ring (bicyclic) bond motifs is 1. The summed E-state index contributed by atoms with van der Waals surface area (Å²) in [5.74, 6) is -1.01. The summed E-state index contributed by atoms with van der Waals surface area (Å²) in [7, 11) is -3.21. The summed E-state index contributed by atoms with van der Waals surface area (Å²) >= 11 is 0. The molecule has 106 valence electrons. The topological polar surface area (TPSA) is 83.6 Å². The van der Waals surface area contributed by atoms with Crippen LogP contribution in [0.4, 0.5) is 5.69 Å². The van der Waals surface area contributed by atoms with Crippen LogP contribution in [-0.2, 0) is 19.4 Å². The molecular weight excluding hydrogens is 280 g/mol. The number of carbonyl (C=O) groups excluding carboxylic acids is 2. The van der Waals surface area contributed by atoms with E-state index in [9.17, 15) is 18.0 Å². The minimum Gasteiger partial charge on any atom is -0.370 e. The van der Waals surface area contributed by atoms with Crippen LogP contribution in [0.5, 0.6) is 0 Å². The van der Waals surface area contributed by atoms with Gasteiger partial charge in [-0.15, -0.1) is 0 Å². The highest BCUT2D eigenvalue weighted by atomic mass is 32.2. The lowest BCUT2D eigenvalue weighted by Gasteiger charge is -2.19. The van der Waals surface area contributed by atoms with Crippen molar-refractivity contribution in [3.63, 3.8) is 0 Å². The molecule has 1 aromatic rings. The molecule has 0 aromatic heterocycles. The average molecular weight is 294 g/mol. The van der Waals surface area contributed by atoms with Gasteiger partial charge in [-0.25, -0.2) is 8.42 Å². The van der Waals surface area contributed by atoms with Gasteiger partial charge in [0.05, 0.1) is 16.7 Å². The molecule has 2 aliphatic rings. The van der Waals surface area contributed by atoms with Gasteiger partial charge in [-0.1, -0.05) is 0 Å². The minimum atomic E-state index is -3.21. The van der Waals surface area contributed by atoms with E-state index in [0.29, 0.717) is 13.1 Å². The van der Waals surface area contributed by atoms with Gasteiger partial charge in [-0.2, -0.15) is 0 Å². The van der Waals surface area contributed by atoms with Crippen LogP contribution in [0.25, 0.3) is 0 Å². The highest BCUT2D eigenvalue weighted by Gasteiger charge is 2.47. The largest absolute Gasteiger partial charge is 0.370 e. The summed E-state index contributed by atoms with van der Waals surface area (Å²) in [6, 6.07) is 6.50. The Balaban J connectivity index is 1.82. The lowest BCUT2D eigenvalue weighted by molar-refractivity contribution is -0.126. The van der Waals surface area contributed by atoms with Crippen LogP contribution in [0.1, 0.15) is 0 Å². The molecule has 0 bridgehead atoms. The fourth-order valence-electron chi connectivity index (χ4n) is 2.76. The normalized spacial score (nSPS) is 25.8. The molecule has 2 aliphatic heterocycles. The lowest BCUT2D eigenvalue weighted by atomic mass is 10.00. The highest BCUT2D eigenvalue weighted by molar-refractivity contribution is 7.90. The molecule has 0 radical (unpaired) electrons. The van der Waals surface area contributed by atoms with Crippen molar-refractivity contribution in [2.45, 2.75) is 4.90 Å². The second-order valence-electron chi connectivity index (χ2n) is 5.24. The summed E-state index contributed by atoms with van der Waals surface area (Å²) in [5, 5.41) is 2.34. The minimum absolute atomic E-state index is 0.213. The summed E-state index contributed by atoms with van der Waals surface area (Å²) < 4.78 is 22.8. The SMILES string of the molecule is CS(=O)(=O)c1ccc(N2C[C@@H]3C(=O)NC(=O)[C@@H]3C2)cc1. The third kappa shape index (κ3) is 2.07. The second-order valence-corrected chi connectivity index (χ2v) is 7.25. The number of hydrogen-bond acceptors (Lipinski definition) is 5. The maximum Gasteiger partial charge on any atom is 0.232 e. The number of benzene rings is 1. The van der Waals surface area contributed by atoms with Crippen LogP contribution >= 0.6 is 0 Å². The summed E-state index contributed by atoms with van der Waals surface area (Å²) in [6.07, 6.45) is 1.16. The van der Waals surface area contributed by atoms with Gasteiger partial charge in [-0.05, 0) is 24.3 Å². The smallest absolute Gasteiger partial charge is 0.232 e. The van der Waals surface area contributed by atoms with Crippen LogP contribution in [0, 0.1) is 11.8 Å². The number of nitrogens with one attached hydrogen (secondary N) is 1. The Bertz CT molecular complexity index is 659. The van der Waals surface area contributed by atoms with Gasteiger partial charge in [0.15, 0.2) is 9.84 Å². The van der Waals surface area contributed by atoms with E-state index in [1.807, 2.05) is 4.90 Å². The standard InChI is InChI=1S/C13H14N2O4S/c1-20(18,19)9-4-2-8(3-5-9)15-6-10-11(7-15)13(17)14-12(10)16/h2-5,10-11H,6-7H2,1H3,(H,14,16,17)/t10-,11+. The van der Waals surface area contributed by atoms with Crippen LogP contribution < -0.4 is 10.2 Å². The Morgan fingerprint density at radius 1 is 1.05 bits per heavy atom. The number of rotatable bonds is 2. The third-order valence-electron chi connectivity index (χ3n) is 3.87. The first-order valence-corrected chi connectivity index (χ1v) is 8.15. The average Bonchev–Trinajstić information content (AvgIpc) is 2.92. The lowest BCUT2D eigenvalue weighted by Crippen LogP contribution is -2.31. The predicted molar refractivity (Wildman–Crippen MR) is 71.9 cm³/mol. The van der Waals surface area contributed by atoms with E-state index >= 15 is 0 Å². The number of carbonyl (C=O) groups is 2. The van der Waals surface area contributed by atoms with Crippen LogP contribution in [0.3, 0.4) is 0 Å². The molecule has 6 nitrogen and oxygen atoms in total. The van der Waals surface area contributed by atoms with Gasteiger partial charge in [0, 0.05) is 25.0 Å². The van der Waals surface area contributed by atoms with E-state index < -0.39 is 9.84 Å². The molecule has 0 aliphatic carbocycles. The van der Waals surface area contributed by atoms with Crippen LogP contribution in [-0.4, -0.2) is 39.6 Å². The molecule has 2 fully saturated rings. The zero-order valence-electron chi connectivity index (χ0n) is 10.9. The Labute approximate surface area is 116 Å². The molecule has 0 spiro atoms. The number of anilines is 1. The van der Waals surface area contributed by atoms with Crippen LogP contribution in [0.2, 0.25) is 0 Å². The third-order valence-corrected chi connectivity index (χ3v) is 5.00. The maximum absolute atomic E-state index is 11.6. The van der Waals surface area contributed by atoms with E-state index in [-0.39, 0.29) is 28.5 Å². The van der Waals surface area contributed by atoms with E-state index in [0.717, 1.165) is 11.9 Å². The van der Waals surface area contributed by atoms with Crippen molar-refractivity contribution in [2.75, 3.05) is 24.2 Å². The monoisotopic (exact) mass is 294 g/mol. The quantitative estimate of drug-likeness (QED) is 0.764. The van der Waals surface area contributed by atoms with Crippen molar-refractivity contribution in [2.24, 2.45) is 11.8 Å². The molecule has 20 heavy (non-hydrogen) atoms. The molecule has 0 saturated carbocycles. The Kier molecular flexibility index (Phi) is 2.82. The van der Waals surface area contributed by atoms with Crippen molar-refractivity contribution in [3.8, 4) is 0 Å². The molecule has 7 heteroatoms. The van der Waals surface area contributed by atoms with Gasteiger partial charge >= 0.3 is 0 Å². The Morgan fingerprint density at radius 3 is 2.00 bits per heavy atom. The zero-order valence-corrected chi connectivity index (χ0v) is 11.7. The first-order chi connectivity index (χ1) is 9.36.